The van der Waals surface area contributed by atoms with E-state index >= 15 is 0 Å². The van der Waals surface area contributed by atoms with Crippen LogP contribution in [0.15, 0.2) is 0 Å². The first kappa shape index (κ1) is 16.8. The van der Waals surface area contributed by atoms with Crippen LogP contribution in [0.2, 0.25) is 0 Å². The Kier molecular flexibility index (Phi) is 8.50. The standard InChI is InChI=1S/C14H29N3OS/c1-12(2)17(3)10-4-7-16-14(18)11-19-13-5-8-15-9-6-13/h12-13,15H,4-11H2,1-3H3,(H,16,18). The van der Waals surface area contributed by atoms with Crippen molar-refractivity contribution in [2.75, 3.05) is 39.0 Å². The SMILES string of the molecule is CC(C)N(C)CCCNC(=O)CSC1CCNCC1. The highest BCUT2D eigenvalue weighted by atomic mass is 32.2. The average Bonchev–Trinajstić information content (AvgIpc) is 2.42. The Labute approximate surface area is 122 Å². The monoisotopic (exact) mass is 287 g/mol. The molecule has 0 aromatic rings. The second-order valence-corrected chi connectivity index (χ2v) is 6.83. The summed E-state index contributed by atoms with van der Waals surface area (Å²) in [6, 6.07) is 0.575. The maximum atomic E-state index is 11.7. The second kappa shape index (κ2) is 9.61. The number of rotatable bonds is 8. The van der Waals surface area contributed by atoms with Gasteiger partial charge in [0.2, 0.25) is 5.91 Å². The number of nitrogens with one attached hydrogen (secondary N) is 2. The van der Waals surface area contributed by atoms with E-state index in [0.717, 1.165) is 32.6 Å². The first-order valence-electron chi connectivity index (χ1n) is 7.39. The van der Waals surface area contributed by atoms with Crippen LogP contribution < -0.4 is 10.6 Å². The fourth-order valence-electron chi connectivity index (χ4n) is 2.02. The fourth-order valence-corrected chi connectivity index (χ4v) is 3.08. The van der Waals surface area contributed by atoms with Crippen LogP contribution in [0.3, 0.4) is 0 Å². The van der Waals surface area contributed by atoms with E-state index in [2.05, 4.69) is 36.4 Å². The zero-order valence-corrected chi connectivity index (χ0v) is 13.4. The molecular weight excluding hydrogens is 258 g/mol. The maximum absolute atomic E-state index is 11.7. The summed E-state index contributed by atoms with van der Waals surface area (Å²) in [5.41, 5.74) is 0. The van der Waals surface area contributed by atoms with Crippen molar-refractivity contribution in [1.82, 2.24) is 15.5 Å². The van der Waals surface area contributed by atoms with Crippen molar-refractivity contribution in [1.29, 1.82) is 0 Å². The molecule has 0 aliphatic carbocycles. The van der Waals surface area contributed by atoms with Crippen LogP contribution in [0.5, 0.6) is 0 Å². The van der Waals surface area contributed by atoms with E-state index in [9.17, 15) is 4.79 Å². The third-order valence-corrected chi connectivity index (χ3v) is 5.00. The zero-order valence-electron chi connectivity index (χ0n) is 12.6. The van der Waals surface area contributed by atoms with Crippen LogP contribution >= 0.6 is 11.8 Å². The van der Waals surface area contributed by atoms with Gasteiger partial charge in [-0.25, -0.2) is 0 Å². The fraction of sp³-hybridized carbons (Fsp3) is 0.929. The average molecular weight is 287 g/mol. The Bertz CT molecular complexity index is 255. The molecule has 1 heterocycles. The molecular formula is C14H29N3OS. The Morgan fingerprint density at radius 1 is 1.42 bits per heavy atom. The number of piperidine rings is 1. The Hall–Kier alpha value is -0.260. The lowest BCUT2D eigenvalue weighted by atomic mass is 10.2. The molecule has 1 aliphatic heterocycles. The molecule has 2 N–H and O–H groups in total. The quantitative estimate of drug-likeness (QED) is 0.661. The minimum atomic E-state index is 0.190. The van der Waals surface area contributed by atoms with Gasteiger partial charge in [0.15, 0.2) is 0 Å². The smallest absolute Gasteiger partial charge is 0.230 e. The number of nitrogens with zero attached hydrogens (tertiary/aromatic N) is 1. The van der Waals surface area contributed by atoms with Crippen LogP contribution in [0, 0.1) is 0 Å². The molecule has 19 heavy (non-hydrogen) atoms. The van der Waals surface area contributed by atoms with Gasteiger partial charge < -0.3 is 15.5 Å². The minimum Gasteiger partial charge on any atom is -0.355 e. The molecule has 4 nitrogen and oxygen atoms in total. The first-order valence-corrected chi connectivity index (χ1v) is 8.43. The number of carbonyl (C=O) groups excluding carboxylic acids is 1. The maximum Gasteiger partial charge on any atom is 0.230 e. The third-order valence-electron chi connectivity index (χ3n) is 3.63. The molecule has 1 aliphatic rings. The lowest BCUT2D eigenvalue weighted by Gasteiger charge is -2.22. The molecule has 0 unspecified atom stereocenters. The van der Waals surface area contributed by atoms with Crippen LogP contribution in [0.1, 0.15) is 33.1 Å². The molecule has 1 amide bonds. The summed E-state index contributed by atoms with van der Waals surface area (Å²) in [6.07, 6.45) is 3.41. The van der Waals surface area contributed by atoms with Gasteiger partial charge in [-0.15, -0.1) is 11.8 Å². The molecule has 5 heteroatoms. The summed E-state index contributed by atoms with van der Waals surface area (Å²) >= 11 is 1.81. The first-order chi connectivity index (χ1) is 9.09. The molecule has 0 aromatic heterocycles. The lowest BCUT2D eigenvalue weighted by molar-refractivity contribution is -0.118. The number of carbonyl (C=O) groups is 1. The van der Waals surface area contributed by atoms with E-state index in [4.69, 9.17) is 0 Å². The molecule has 1 rings (SSSR count). The van der Waals surface area contributed by atoms with Crippen LogP contribution in [-0.4, -0.2) is 61.1 Å². The van der Waals surface area contributed by atoms with Crippen molar-refractivity contribution in [3.8, 4) is 0 Å². The normalized spacial score (nSPS) is 17.1. The Morgan fingerprint density at radius 2 is 2.11 bits per heavy atom. The van der Waals surface area contributed by atoms with Gasteiger partial charge in [-0.1, -0.05) is 0 Å². The number of hydrogen-bond donors (Lipinski definition) is 2. The summed E-state index contributed by atoms with van der Waals surface area (Å²) < 4.78 is 0. The number of amides is 1. The summed E-state index contributed by atoms with van der Waals surface area (Å²) in [5, 5.41) is 7.03. The van der Waals surface area contributed by atoms with Gasteiger partial charge in [0.05, 0.1) is 5.75 Å². The highest BCUT2D eigenvalue weighted by Gasteiger charge is 2.14. The van der Waals surface area contributed by atoms with Crippen LogP contribution in [0.25, 0.3) is 0 Å². The molecule has 0 radical (unpaired) electrons. The lowest BCUT2D eigenvalue weighted by Crippen LogP contribution is -2.33. The second-order valence-electron chi connectivity index (χ2n) is 5.54. The van der Waals surface area contributed by atoms with Crippen molar-refractivity contribution in [3.63, 3.8) is 0 Å². The van der Waals surface area contributed by atoms with Gasteiger partial charge >= 0.3 is 0 Å². The van der Waals surface area contributed by atoms with E-state index in [1.165, 1.54) is 12.8 Å². The van der Waals surface area contributed by atoms with Crippen LogP contribution in [0.4, 0.5) is 0 Å². The van der Waals surface area contributed by atoms with E-state index in [1.54, 1.807) is 0 Å². The summed E-state index contributed by atoms with van der Waals surface area (Å²) in [5.74, 6) is 0.806. The molecule has 112 valence electrons. The molecule has 0 aromatic carbocycles. The molecule has 0 spiro atoms. The largest absolute Gasteiger partial charge is 0.355 e. The van der Waals surface area contributed by atoms with Crippen molar-refractivity contribution < 1.29 is 4.79 Å². The van der Waals surface area contributed by atoms with Crippen LogP contribution in [-0.2, 0) is 4.79 Å². The predicted octanol–water partition coefficient (Wildman–Crippen LogP) is 1.32. The van der Waals surface area contributed by atoms with Gasteiger partial charge in [-0.05, 0) is 59.8 Å². The van der Waals surface area contributed by atoms with Crippen molar-refractivity contribution in [3.05, 3.63) is 0 Å². The van der Waals surface area contributed by atoms with Gasteiger partial charge in [0.25, 0.3) is 0 Å². The number of thioether (sulfide) groups is 1. The molecule has 1 saturated heterocycles. The summed E-state index contributed by atoms with van der Waals surface area (Å²) in [4.78, 5) is 14.0. The van der Waals surface area contributed by atoms with Gasteiger partial charge in [-0.3, -0.25) is 4.79 Å². The topological polar surface area (TPSA) is 44.4 Å². The number of hydrogen-bond acceptors (Lipinski definition) is 4. The molecule has 1 fully saturated rings. The van der Waals surface area contributed by atoms with E-state index in [1.807, 2.05) is 11.8 Å². The van der Waals surface area contributed by atoms with E-state index < -0.39 is 0 Å². The van der Waals surface area contributed by atoms with Gasteiger partial charge in [-0.2, -0.15) is 0 Å². The molecule has 0 saturated carbocycles. The van der Waals surface area contributed by atoms with Gasteiger partial charge in [0.1, 0.15) is 0 Å². The molecule has 0 atom stereocenters. The summed E-state index contributed by atoms with van der Waals surface area (Å²) in [6.45, 7) is 8.41. The van der Waals surface area contributed by atoms with Gasteiger partial charge in [0, 0.05) is 17.8 Å². The summed E-state index contributed by atoms with van der Waals surface area (Å²) in [7, 11) is 2.12. The predicted molar refractivity (Wildman–Crippen MR) is 83.7 cm³/mol. The highest BCUT2D eigenvalue weighted by molar-refractivity contribution is 8.00. The van der Waals surface area contributed by atoms with Crippen molar-refractivity contribution in [2.45, 2.75) is 44.4 Å². The van der Waals surface area contributed by atoms with Crippen molar-refractivity contribution >= 4 is 17.7 Å². The third kappa shape index (κ3) is 7.80. The Morgan fingerprint density at radius 3 is 2.74 bits per heavy atom. The Balaban J connectivity index is 1.98. The molecule has 0 bridgehead atoms. The zero-order chi connectivity index (χ0) is 14.1. The van der Waals surface area contributed by atoms with E-state index in [-0.39, 0.29) is 5.91 Å². The van der Waals surface area contributed by atoms with Crippen molar-refractivity contribution in [2.24, 2.45) is 0 Å². The highest BCUT2D eigenvalue weighted by Crippen LogP contribution is 2.19. The minimum absolute atomic E-state index is 0.190. The van der Waals surface area contributed by atoms with E-state index in [0.29, 0.717) is 17.0 Å².